The van der Waals surface area contributed by atoms with Crippen molar-refractivity contribution in [2.45, 2.75) is 51.6 Å². The van der Waals surface area contributed by atoms with Crippen molar-refractivity contribution in [3.8, 4) is 0 Å². The summed E-state index contributed by atoms with van der Waals surface area (Å²) < 4.78 is 6.54. The average Bonchev–Trinajstić information content (AvgIpc) is 3.19. The van der Waals surface area contributed by atoms with E-state index in [0.717, 1.165) is 34.0 Å². The van der Waals surface area contributed by atoms with Gasteiger partial charge in [-0.15, -0.1) is 11.3 Å². The predicted octanol–water partition coefficient (Wildman–Crippen LogP) is 3.97. The quantitative estimate of drug-likeness (QED) is 0.709. The monoisotopic (exact) mass is 342 g/mol. The minimum Gasteiger partial charge on any atom is -0.467 e. The number of nitrogens with one attached hydrogen (secondary N) is 1. The molecule has 0 bridgehead atoms. The van der Waals surface area contributed by atoms with Gasteiger partial charge in [0.1, 0.15) is 17.4 Å². The topological polar surface area (TPSA) is 77.0 Å². The maximum absolute atomic E-state index is 6.01. The van der Waals surface area contributed by atoms with Crippen LogP contribution in [-0.2, 0) is 13.0 Å². The van der Waals surface area contributed by atoms with Crippen LogP contribution in [0.5, 0.6) is 0 Å². The standard InChI is InChI=1S/C18H22N4OS/c1-10(19)8-14-11(2)15-16(24-14)18(20-9-13-4-3-7-23-13)22-17(21-15)12-5-6-12/h3-4,7,10,12H,5-6,8-9,19H2,1-2H3,(H,20,21,22). The van der Waals surface area contributed by atoms with Crippen molar-refractivity contribution in [1.29, 1.82) is 0 Å². The van der Waals surface area contributed by atoms with Crippen molar-refractivity contribution in [2.75, 3.05) is 5.32 Å². The Morgan fingerprint density at radius 2 is 2.25 bits per heavy atom. The first-order valence-electron chi connectivity index (χ1n) is 8.43. The number of aryl methyl sites for hydroxylation is 1. The molecule has 3 N–H and O–H groups in total. The highest BCUT2D eigenvalue weighted by molar-refractivity contribution is 7.19. The summed E-state index contributed by atoms with van der Waals surface area (Å²) in [4.78, 5) is 11.0. The van der Waals surface area contributed by atoms with Gasteiger partial charge in [0.2, 0.25) is 0 Å². The Kier molecular flexibility index (Phi) is 4.02. The van der Waals surface area contributed by atoms with Crippen LogP contribution in [0.2, 0.25) is 0 Å². The van der Waals surface area contributed by atoms with Crippen molar-refractivity contribution in [2.24, 2.45) is 5.73 Å². The van der Waals surface area contributed by atoms with Crippen molar-refractivity contribution < 1.29 is 4.42 Å². The van der Waals surface area contributed by atoms with E-state index >= 15 is 0 Å². The maximum atomic E-state index is 6.01. The summed E-state index contributed by atoms with van der Waals surface area (Å²) in [5.41, 5.74) is 8.33. The second-order valence-corrected chi connectivity index (χ2v) is 7.75. The third-order valence-electron chi connectivity index (χ3n) is 4.34. The fourth-order valence-corrected chi connectivity index (χ4v) is 4.22. The molecule has 1 aliphatic rings. The molecule has 0 amide bonds. The van der Waals surface area contributed by atoms with Crippen LogP contribution >= 0.6 is 11.3 Å². The molecule has 1 fully saturated rings. The molecule has 0 aliphatic heterocycles. The van der Waals surface area contributed by atoms with Crippen LogP contribution < -0.4 is 11.1 Å². The number of hydrogen-bond acceptors (Lipinski definition) is 6. The van der Waals surface area contributed by atoms with Crippen LogP contribution in [0.4, 0.5) is 5.82 Å². The molecule has 1 unspecified atom stereocenters. The number of hydrogen-bond donors (Lipinski definition) is 2. The Morgan fingerprint density at radius 1 is 1.42 bits per heavy atom. The SMILES string of the molecule is Cc1c(CC(C)N)sc2c(NCc3ccco3)nc(C3CC3)nc12. The number of nitrogens with zero attached hydrogens (tertiary/aromatic N) is 2. The van der Waals surface area contributed by atoms with Crippen LogP contribution in [0.1, 0.15) is 47.7 Å². The number of furan rings is 1. The zero-order valence-corrected chi connectivity index (χ0v) is 14.8. The van der Waals surface area contributed by atoms with E-state index in [-0.39, 0.29) is 6.04 Å². The number of nitrogens with two attached hydrogens (primary N) is 1. The van der Waals surface area contributed by atoms with E-state index < -0.39 is 0 Å². The summed E-state index contributed by atoms with van der Waals surface area (Å²) in [6.07, 6.45) is 4.96. The summed E-state index contributed by atoms with van der Waals surface area (Å²) in [7, 11) is 0. The molecular weight excluding hydrogens is 320 g/mol. The Bertz CT molecular complexity index is 850. The van der Waals surface area contributed by atoms with E-state index in [9.17, 15) is 0 Å². The van der Waals surface area contributed by atoms with Gasteiger partial charge in [-0.3, -0.25) is 0 Å². The molecule has 0 radical (unpaired) electrons. The fourth-order valence-electron chi connectivity index (χ4n) is 2.87. The first-order chi connectivity index (χ1) is 11.6. The molecule has 24 heavy (non-hydrogen) atoms. The molecule has 3 aromatic rings. The minimum atomic E-state index is 0.146. The second kappa shape index (κ2) is 6.18. The summed E-state index contributed by atoms with van der Waals surface area (Å²) in [6.45, 7) is 4.82. The first kappa shape index (κ1) is 15.6. The van der Waals surface area contributed by atoms with Gasteiger partial charge in [-0.25, -0.2) is 9.97 Å². The highest BCUT2D eigenvalue weighted by Crippen LogP contribution is 2.42. The van der Waals surface area contributed by atoms with E-state index in [4.69, 9.17) is 20.1 Å². The molecule has 5 nitrogen and oxygen atoms in total. The summed E-state index contributed by atoms with van der Waals surface area (Å²) in [6, 6.07) is 4.01. The van der Waals surface area contributed by atoms with Crippen LogP contribution in [0, 0.1) is 6.92 Å². The number of fused-ring (bicyclic) bond motifs is 1. The Morgan fingerprint density at radius 3 is 2.92 bits per heavy atom. The zero-order chi connectivity index (χ0) is 16.7. The molecule has 3 aromatic heterocycles. The molecule has 0 aromatic carbocycles. The van der Waals surface area contributed by atoms with Crippen molar-refractivity contribution in [3.05, 3.63) is 40.4 Å². The van der Waals surface area contributed by atoms with E-state index in [1.165, 1.54) is 23.3 Å². The summed E-state index contributed by atoms with van der Waals surface area (Å²) in [5.74, 6) is 3.31. The van der Waals surface area contributed by atoms with Gasteiger partial charge in [-0.2, -0.15) is 0 Å². The van der Waals surface area contributed by atoms with Crippen LogP contribution in [0.3, 0.4) is 0 Å². The third-order valence-corrected chi connectivity index (χ3v) is 5.65. The lowest BCUT2D eigenvalue weighted by Gasteiger charge is -2.07. The van der Waals surface area contributed by atoms with Crippen molar-refractivity contribution >= 4 is 27.4 Å². The zero-order valence-electron chi connectivity index (χ0n) is 14.0. The van der Waals surface area contributed by atoms with Gasteiger partial charge in [-0.1, -0.05) is 0 Å². The molecular formula is C18H22N4OS. The molecule has 0 spiro atoms. The van der Waals surface area contributed by atoms with Gasteiger partial charge < -0.3 is 15.5 Å². The normalized spacial score (nSPS) is 15.8. The molecule has 1 atom stereocenters. The predicted molar refractivity (Wildman–Crippen MR) is 97.5 cm³/mol. The number of anilines is 1. The summed E-state index contributed by atoms with van der Waals surface area (Å²) >= 11 is 1.76. The lowest BCUT2D eigenvalue weighted by Crippen LogP contribution is -2.17. The molecule has 1 aliphatic carbocycles. The second-order valence-electron chi connectivity index (χ2n) is 6.65. The Balaban J connectivity index is 1.74. The lowest BCUT2D eigenvalue weighted by molar-refractivity contribution is 0.518. The van der Waals surface area contributed by atoms with Gasteiger partial charge in [-0.05, 0) is 50.8 Å². The van der Waals surface area contributed by atoms with E-state index in [1.807, 2.05) is 19.1 Å². The number of rotatable bonds is 6. The average molecular weight is 342 g/mol. The van der Waals surface area contributed by atoms with Gasteiger partial charge >= 0.3 is 0 Å². The minimum absolute atomic E-state index is 0.146. The van der Waals surface area contributed by atoms with Gasteiger partial charge in [0.05, 0.1) is 23.0 Å². The molecule has 126 valence electrons. The highest BCUT2D eigenvalue weighted by Gasteiger charge is 2.28. The van der Waals surface area contributed by atoms with Crippen LogP contribution in [0.25, 0.3) is 10.2 Å². The Labute approximate surface area is 145 Å². The largest absolute Gasteiger partial charge is 0.467 e. The smallest absolute Gasteiger partial charge is 0.148 e. The van der Waals surface area contributed by atoms with Gasteiger partial charge in [0.25, 0.3) is 0 Å². The first-order valence-corrected chi connectivity index (χ1v) is 9.25. The molecule has 1 saturated carbocycles. The van der Waals surface area contributed by atoms with Crippen molar-refractivity contribution in [1.82, 2.24) is 9.97 Å². The van der Waals surface area contributed by atoms with E-state index in [2.05, 4.69) is 12.2 Å². The summed E-state index contributed by atoms with van der Waals surface area (Å²) in [5, 5.41) is 3.44. The third kappa shape index (κ3) is 3.03. The molecule has 3 heterocycles. The fraction of sp³-hybridized carbons (Fsp3) is 0.444. The van der Waals surface area contributed by atoms with Crippen molar-refractivity contribution in [3.63, 3.8) is 0 Å². The lowest BCUT2D eigenvalue weighted by atomic mass is 10.1. The molecule has 6 heteroatoms. The van der Waals surface area contributed by atoms with Gasteiger partial charge in [0.15, 0.2) is 0 Å². The van der Waals surface area contributed by atoms with E-state index in [1.54, 1.807) is 17.6 Å². The van der Waals surface area contributed by atoms with Crippen LogP contribution in [-0.4, -0.2) is 16.0 Å². The number of aromatic nitrogens is 2. The molecule has 0 saturated heterocycles. The number of thiophene rings is 1. The molecule has 4 rings (SSSR count). The highest BCUT2D eigenvalue weighted by atomic mass is 32.1. The van der Waals surface area contributed by atoms with Crippen LogP contribution in [0.15, 0.2) is 22.8 Å². The maximum Gasteiger partial charge on any atom is 0.148 e. The Hall–Kier alpha value is -1.92. The van der Waals surface area contributed by atoms with E-state index in [0.29, 0.717) is 12.5 Å². The van der Waals surface area contributed by atoms with Gasteiger partial charge in [0, 0.05) is 16.8 Å².